The number of piperidine rings is 1. The van der Waals surface area contributed by atoms with E-state index in [9.17, 15) is 17.4 Å². The van der Waals surface area contributed by atoms with Gasteiger partial charge in [-0.2, -0.15) is 12.7 Å². The number of carbonyl (C=O) groups is 1. The van der Waals surface area contributed by atoms with E-state index in [2.05, 4.69) is 4.72 Å². The number of carboxylic acid groups (broad SMARTS) is 1. The van der Waals surface area contributed by atoms with E-state index < -0.39 is 33.0 Å². The van der Waals surface area contributed by atoms with Gasteiger partial charge in [0.2, 0.25) is 0 Å². The zero-order valence-corrected chi connectivity index (χ0v) is 11.8. The van der Waals surface area contributed by atoms with Crippen LogP contribution >= 0.6 is 0 Å². The van der Waals surface area contributed by atoms with E-state index in [1.54, 1.807) is 0 Å². The van der Waals surface area contributed by atoms with Crippen LogP contribution < -0.4 is 4.72 Å². The first-order valence-corrected chi connectivity index (χ1v) is 8.80. The fourth-order valence-electron chi connectivity index (χ4n) is 1.84. The highest BCUT2D eigenvalue weighted by molar-refractivity contribution is 7.87. The average Bonchev–Trinajstić information content (AvgIpc) is 2.28. The smallest absolute Gasteiger partial charge is 0.322 e. The molecule has 0 aliphatic carbocycles. The summed E-state index contributed by atoms with van der Waals surface area (Å²) in [7, 11) is -4.89. The highest BCUT2D eigenvalue weighted by Gasteiger charge is 2.36. The number of carboxylic acids is 1. The lowest BCUT2D eigenvalue weighted by atomic mass is 10.1. The van der Waals surface area contributed by atoms with Crippen molar-refractivity contribution in [2.24, 2.45) is 0 Å². The summed E-state index contributed by atoms with van der Waals surface area (Å²) in [5.41, 5.74) is 0. The Morgan fingerprint density at radius 2 is 2.17 bits per heavy atom. The van der Waals surface area contributed by atoms with Crippen LogP contribution in [0.3, 0.4) is 0 Å². The average molecular weight is 298 g/mol. The standard InChI is InChI=1S/C9H18N2O5S2/c1-17(14)7-5-10-18(15,16)11-6-3-2-4-8(11)9(12)13/h8,10H,2-7H2,1H3,(H,12,13). The molecular formula is C9H18N2O5S2. The lowest BCUT2D eigenvalue weighted by molar-refractivity contribution is -0.142. The zero-order valence-electron chi connectivity index (χ0n) is 10.2. The van der Waals surface area contributed by atoms with E-state index >= 15 is 0 Å². The van der Waals surface area contributed by atoms with E-state index in [0.717, 1.165) is 4.31 Å². The van der Waals surface area contributed by atoms with Gasteiger partial charge in [-0.25, -0.2) is 4.72 Å². The molecule has 0 radical (unpaired) electrons. The second kappa shape index (κ2) is 6.60. The summed E-state index contributed by atoms with van der Waals surface area (Å²) >= 11 is 0. The summed E-state index contributed by atoms with van der Waals surface area (Å²) in [4.78, 5) is 11.0. The topological polar surface area (TPSA) is 104 Å². The maximum absolute atomic E-state index is 11.9. The van der Waals surface area contributed by atoms with Crippen molar-refractivity contribution in [3.63, 3.8) is 0 Å². The summed E-state index contributed by atoms with van der Waals surface area (Å²) in [5, 5.41) is 9.00. The Bertz CT molecular complexity index is 423. The third kappa shape index (κ3) is 4.30. The molecule has 0 saturated carbocycles. The van der Waals surface area contributed by atoms with Gasteiger partial charge in [-0.3, -0.25) is 9.00 Å². The minimum absolute atomic E-state index is 0.0499. The number of hydrogen-bond donors (Lipinski definition) is 2. The SMILES string of the molecule is CS(=O)CCNS(=O)(=O)N1CCCCC1C(=O)O. The van der Waals surface area contributed by atoms with Crippen molar-refractivity contribution >= 4 is 27.0 Å². The van der Waals surface area contributed by atoms with Crippen molar-refractivity contribution in [2.75, 3.05) is 25.1 Å². The molecule has 1 rings (SSSR count). The Kier molecular flexibility index (Phi) is 5.70. The molecule has 18 heavy (non-hydrogen) atoms. The molecule has 0 spiro atoms. The summed E-state index contributed by atoms with van der Waals surface area (Å²) in [6.07, 6.45) is 3.18. The maximum atomic E-state index is 11.9. The van der Waals surface area contributed by atoms with E-state index in [-0.39, 0.29) is 18.8 Å². The Labute approximate surface area is 109 Å². The van der Waals surface area contributed by atoms with E-state index in [4.69, 9.17) is 5.11 Å². The van der Waals surface area contributed by atoms with Gasteiger partial charge in [0.25, 0.3) is 10.2 Å². The molecule has 0 amide bonds. The van der Waals surface area contributed by atoms with Crippen molar-refractivity contribution in [3.8, 4) is 0 Å². The highest BCUT2D eigenvalue weighted by Crippen LogP contribution is 2.19. The van der Waals surface area contributed by atoms with Gasteiger partial charge in [0.05, 0.1) is 0 Å². The van der Waals surface area contributed by atoms with Gasteiger partial charge in [0, 0.05) is 35.9 Å². The number of nitrogens with zero attached hydrogens (tertiary/aromatic N) is 1. The van der Waals surface area contributed by atoms with Gasteiger partial charge in [-0.15, -0.1) is 0 Å². The van der Waals surface area contributed by atoms with Crippen LogP contribution in [0.5, 0.6) is 0 Å². The summed E-state index contributed by atoms with van der Waals surface area (Å²) in [6.45, 7) is 0.260. The van der Waals surface area contributed by atoms with Crippen LogP contribution in [0.1, 0.15) is 19.3 Å². The van der Waals surface area contributed by atoms with Crippen molar-refractivity contribution in [1.82, 2.24) is 9.03 Å². The Balaban J connectivity index is 2.69. The molecule has 0 bridgehead atoms. The second-order valence-electron chi connectivity index (χ2n) is 4.14. The summed E-state index contributed by atoms with van der Waals surface area (Å²) < 4.78 is 38.0. The van der Waals surface area contributed by atoms with Crippen LogP contribution in [0.25, 0.3) is 0 Å². The molecule has 1 aliphatic rings. The van der Waals surface area contributed by atoms with Gasteiger partial charge >= 0.3 is 5.97 Å². The predicted octanol–water partition coefficient (Wildman–Crippen LogP) is -0.862. The minimum Gasteiger partial charge on any atom is -0.480 e. The molecular weight excluding hydrogens is 280 g/mol. The number of hydrogen-bond acceptors (Lipinski definition) is 4. The first-order valence-electron chi connectivity index (χ1n) is 5.64. The Morgan fingerprint density at radius 1 is 1.50 bits per heavy atom. The van der Waals surface area contributed by atoms with Crippen LogP contribution in [0, 0.1) is 0 Å². The lowest BCUT2D eigenvalue weighted by Crippen LogP contribution is -2.52. The Morgan fingerprint density at radius 3 is 2.72 bits per heavy atom. The first kappa shape index (κ1) is 15.5. The van der Waals surface area contributed by atoms with Crippen LogP contribution in [0.4, 0.5) is 0 Å². The van der Waals surface area contributed by atoms with E-state index in [1.807, 2.05) is 0 Å². The van der Waals surface area contributed by atoms with Crippen LogP contribution in [-0.2, 0) is 25.8 Å². The van der Waals surface area contributed by atoms with Gasteiger partial charge in [-0.1, -0.05) is 0 Å². The predicted molar refractivity (Wildman–Crippen MR) is 67.8 cm³/mol. The van der Waals surface area contributed by atoms with Crippen molar-refractivity contribution in [3.05, 3.63) is 0 Å². The third-order valence-corrected chi connectivity index (χ3v) is 5.12. The largest absolute Gasteiger partial charge is 0.480 e. The fourth-order valence-corrected chi connectivity index (χ4v) is 3.78. The molecule has 2 N–H and O–H groups in total. The minimum atomic E-state index is -3.81. The quantitative estimate of drug-likeness (QED) is 0.664. The molecule has 9 heteroatoms. The molecule has 1 fully saturated rings. The molecule has 1 saturated heterocycles. The van der Waals surface area contributed by atoms with E-state index in [0.29, 0.717) is 19.3 Å². The van der Waals surface area contributed by atoms with Crippen LogP contribution in [0.2, 0.25) is 0 Å². The molecule has 2 unspecified atom stereocenters. The molecule has 1 aliphatic heterocycles. The van der Waals surface area contributed by atoms with Gasteiger partial charge in [0.1, 0.15) is 6.04 Å². The van der Waals surface area contributed by atoms with Gasteiger partial charge < -0.3 is 5.11 Å². The van der Waals surface area contributed by atoms with Crippen molar-refractivity contribution < 1.29 is 22.5 Å². The van der Waals surface area contributed by atoms with Crippen LogP contribution in [-0.4, -0.2) is 59.1 Å². The molecule has 0 aromatic rings. The van der Waals surface area contributed by atoms with Gasteiger partial charge in [-0.05, 0) is 19.3 Å². The lowest BCUT2D eigenvalue weighted by Gasteiger charge is -2.31. The monoisotopic (exact) mass is 298 g/mol. The second-order valence-corrected chi connectivity index (χ2v) is 7.40. The number of aliphatic carboxylic acids is 1. The summed E-state index contributed by atoms with van der Waals surface area (Å²) in [6, 6.07) is -0.997. The summed E-state index contributed by atoms with van der Waals surface area (Å²) in [5.74, 6) is -0.913. The van der Waals surface area contributed by atoms with Crippen molar-refractivity contribution in [1.29, 1.82) is 0 Å². The molecule has 7 nitrogen and oxygen atoms in total. The fraction of sp³-hybridized carbons (Fsp3) is 0.889. The van der Waals surface area contributed by atoms with Crippen molar-refractivity contribution in [2.45, 2.75) is 25.3 Å². The molecule has 106 valence electrons. The molecule has 1 heterocycles. The molecule has 0 aromatic heterocycles. The molecule has 0 aromatic carbocycles. The van der Waals surface area contributed by atoms with Gasteiger partial charge in [0.15, 0.2) is 0 Å². The van der Waals surface area contributed by atoms with Crippen LogP contribution in [0.15, 0.2) is 0 Å². The maximum Gasteiger partial charge on any atom is 0.322 e. The number of nitrogens with one attached hydrogen (secondary N) is 1. The zero-order chi connectivity index (χ0) is 13.8. The Hall–Kier alpha value is -0.510. The normalized spacial score (nSPS) is 23.7. The van der Waals surface area contributed by atoms with E-state index in [1.165, 1.54) is 6.26 Å². The number of rotatable bonds is 6. The third-order valence-electron chi connectivity index (χ3n) is 2.72. The molecule has 2 atom stereocenters. The highest BCUT2D eigenvalue weighted by atomic mass is 32.2. The first-order chi connectivity index (χ1) is 8.34.